The molecule has 0 radical (unpaired) electrons. The highest BCUT2D eigenvalue weighted by molar-refractivity contribution is 5.84. The normalized spacial score (nSPS) is 21.8. The minimum atomic E-state index is -0.846. The monoisotopic (exact) mass is 311 g/mol. The fourth-order valence-corrected chi connectivity index (χ4v) is 3.43. The zero-order valence-corrected chi connectivity index (χ0v) is 13.7. The molecule has 22 heavy (non-hydrogen) atoms. The molecule has 0 aromatic rings. The summed E-state index contributed by atoms with van der Waals surface area (Å²) in [5, 5.41) is 2.89. The molecule has 0 spiro atoms. The van der Waals surface area contributed by atoms with Crippen molar-refractivity contribution < 1.29 is 13.6 Å². The number of halogens is 2. The van der Waals surface area contributed by atoms with Crippen LogP contribution in [0.5, 0.6) is 0 Å². The topological polar surface area (TPSA) is 29.1 Å². The first-order valence-corrected chi connectivity index (χ1v) is 8.49. The first-order valence-electron chi connectivity index (χ1n) is 8.49. The first kappa shape index (κ1) is 17.2. The number of hydrogen-bond acceptors (Lipinski definition) is 1. The minimum absolute atomic E-state index is 0.00853. The predicted molar refractivity (Wildman–Crippen MR) is 84.3 cm³/mol. The van der Waals surface area contributed by atoms with Crippen molar-refractivity contribution in [2.24, 2.45) is 11.3 Å². The summed E-state index contributed by atoms with van der Waals surface area (Å²) in [4.78, 5) is 12.8. The number of allylic oxidation sites excluding steroid dienone is 4. The van der Waals surface area contributed by atoms with E-state index in [2.05, 4.69) is 19.2 Å². The second kappa shape index (κ2) is 7.38. The fraction of sp³-hybridized carbons (Fsp3) is 0.722. The molecule has 2 aliphatic carbocycles. The van der Waals surface area contributed by atoms with Crippen molar-refractivity contribution in [3.8, 4) is 0 Å². The van der Waals surface area contributed by atoms with Gasteiger partial charge in [-0.25, -0.2) is 8.78 Å². The summed E-state index contributed by atoms with van der Waals surface area (Å²) in [7, 11) is 0. The molecule has 1 amide bonds. The van der Waals surface area contributed by atoms with E-state index in [9.17, 15) is 13.6 Å². The van der Waals surface area contributed by atoms with Crippen LogP contribution in [-0.4, -0.2) is 5.91 Å². The maximum Gasteiger partial charge on any atom is 0.230 e. The van der Waals surface area contributed by atoms with Crippen molar-refractivity contribution in [2.75, 3.05) is 0 Å². The summed E-state index contributed by atoms with van der Waals surface area (Å²) in [5.41, 5.74) is 0.193. The van der Waals surface area contributed by atoms with Crippen LogP contribution in [-0.2, 0) is 4.79 Å². The second-order valence-corrected chi connectivity index (χ2v) is 7.15. The third-order valence-electron chi connectivity index (χ3n) is 4.94. The third-order valence-corrected chi connectivity index (χ3v) is 4.94. The Labute approximate surface area is 132 Å². The third kappa shape index (κ3) is 4.17. The van der Waals surface area contributed by atoms with Crippen LogP contribution in [0.15, 0.2) is 23.4 Å². The highest BCUT2D eigenvalue weighted by Gasteiger charge is 2.39. The van der Waals surface area contributed by atoms with E-state index in [4.69, 9.17) is 0 Å². The molecule has 0 atom stereocenters. The summed E-state index contributed by atoms with van der Waals surface area (Å²) >= 11 is 0. The smallest absolute Gasteiger partial charge is 0.230 e. The number of rotatable bonds is 5. The first-order chi connectivity index (χ1) is 10.4. The van der Waals surface area contributed by atoms with Crippen LogP contribution in [0.1, 0.15) is 71.6 Å². The Kier molecular flexibility index (Phi) is 5.76. The maximum absolute atomic E-state index is 13.3. The van der Waals surface area contributed by atoms with Crippen LogP contribution in [0.2, 0.25) is 0 Å². The Bertz CT molecular complexity index is 473. The van der Waals surface area contributed by atoms with Gasteiger partial charge in [0.05, 0.1) is 0 Å². The van der Waals surface area contributed by atoms with Gasteiger partial charge in [0, 0.05) is 17.5 Å². The highest BCUT2D eigenvalue weighted by atomic mass is 19.2. The van der Waals surface area contributed by atoms with Crippen molar-refractivity contribution in [3.05, 3.63) is 23.4 Å². The summed E-state index contributed by atoms with van der Waals surface area (Å²) in [6, 6.07) is 0. The number of amides is 1. The summed E-state index contributed by atoms with van der Waals surface area (Å²) < 4.78 is 26.4. The van der Waals surface area contributed by atoms with E-state index in [1.54, 1.807) is 0 Å². The Morgan fingerprint density at radius 2 is 1.91 bits per heavy atom. The standard InChI is InChI=1S/C18H27F2NO/c1-13(2)8-11-18(9-4-3-5-10-18)17(22)21-14-6-7-15(19)16(20)12-14/h12-13H,3-11H2,1-2H3,(H,21,22). The zero-order valence-electron chi connectivity index (χ0n) is 13.7. The van der Waals surface area contributed by atoms with Crippen LogP contribution >= 0.6 is 0 Å². The minimum Gasteiger partial charge on any atom is -0.329 e. The molecule has 1 fully saturated rings. The quantitative estimate of drug-likeness (QED) is 0.731. The van der Waals surface area contributed by atoms with Gasteiger partial charge in [0.2, 0.25) is 5.91 Å². The van der Waals surface area contributed by atoms with Gasteiger partial charge in [-0.1, -0.05) is 33.1 Å². The van der Waals surface area contributed by atoms with Crippen molar-refractivity contribution in [3.63, 3.8) is 0 Å². The zero-order chi connectivity index (χ0) is 16.2. The van der Waals surface area contributed by atoms with Gasteiger partial charge < -0.3 is 5.32 Å². The molecule has 4 heteroatoms. The number of carbonyl (C=O) groups excluding carboxylic acids is 1. The number of nitrogens with one attached hydrogen (secondary N) is 1. The van der Waals surface area contributed by atoms with Gasteiger partial charge in [0.1, 0.15) is 5.83 Å². The molecule has 0 unspecified atom stereocenters. The SMILES string of the molecule is CC(C)CCC1(C(=O)NC2=CC(F)=C(F)CC2)CCCCC1. The molecular formula is C18H27F2NO. The lowest BCUT2D eigenvalue weighted by molar-refractivity contribution is -0.133. The molecular weight excluding hydrogens is 284 g/mol. The van der Waals surface area contributed by atoms with Crippen molar-refractivity contribution >= 4 is 5.91 Å². The molecule has 0 bridgehead atoms. The van der Waals surface area contributed by atoms with E-state index >= 15 is 0 Å². The molecule has 1 N–H and O–H groups in total. The molecule has 0 aromatic carbocycles. The maximum atomic E-state index is 13.3. The molecule has 2 rings (SSSR count). The molecule has 2 aliphatic rings. The van der Waals surface area contributed by atoms with Gasteiger partial charge in [-0.2, -0.15) is 0 Å². The van der Waals surface area contributed by atoms with E-state index in [-0.39, 0.29) is 17.7 Å². The highest BCUT2D eigenvalue weighted by Crippen LogP contribution is 2.41. The summed E-state index contributed by atoms with van der Waals surface area (Å²) in [5.74, 6) is -0.990. The Morgan fingerprint density at radius 3 is 2.50 bits per heavy atom. The van der Waals surface area contributed by atoms with Gasteiger partial charge in [-0.3, -0.25) is 4.79 Å². The molecule has 0 saturated heterocycles. The van der Waals surface area contributed by atoms with Crippen molar-refractivity contribution in [1.82, 2.24) is 5.32 Å². The summed E-state index contributed by atoms with van der Waals surface area (Å²) in [6.45, 7) is 4.34. The molecule has 0 aliphatic heterocycles. The lowest BCUT2D eigenvalue weighted by atomic mass is 9.69. The fourth-order valence-electron chi connectivity index (χ4n) is 3.43. The number of hydrogen-bond donors (Lipinski definition) is 1. The van der Waals surface area contributed by atoms with E-state index in [1.165, 1.54) is 6.42 Å². The Hall–Kier alpha value is -1.19. The Balaban J connectivity index is 2.07. The van der Waals surface area contributed by atoms with Crippen LogP contribution in [0, 0.1) is 11.3 Å². The van der Waals surface area contributed by atoms with E-state index in [1.807, 2.05) is 0 Å². The average molecular weight is 311 g/mol. The van der Waals surface area contributed by atoms with Gasteiger partial charge in [0.25, 0.3) is 0 Å². The van der Waals surface area contributed by atoms with Gasteiger partial charge in [-0.05, 0) is 44.1 Å². The van der Waals surface area contributed by atoms with Crippen LogP contribution in [0.3, 0.4) is 0 Å². The van der Waals surface area contributed by atoms with Crippen molar-refractivity contribution in [2.45, 2.75) is 71.6 Å². The lowest BCUT2D eigenvalue weighted by Crippen LogP contribution is -2.42. The molecule has 2 nitrogen and oxygen atoms in total. The van der Waals surface area contributed by atoms with Crippen LogP contribution in [0.25, 0.3) is 0 Å². The predicted octanol–water partition coefficient (Wildman–Crippen LogP) is 5.32. The Morgan fingerprint density at radius 1 is 1.23 bits per heavy atom. The molecule has 1 saturated carbocycles. The van der Waals surface area contributed by atoms with Crippen LogP contribution in [0.4, 0.5) is 8.78 Å². The van der Waals surface area contributed by atoms with Crippen LogP contribution < -0.4 is 5.32 Å². The average Bonchev–Trinajstić information content (AvgIpc) is 2.50. The molecule has 0 heterocycles. The number of carbonyl (C=O) groups is 1. The largest absolute Gasteiger partial charge is 0.329 e. The molecule has 124 valence electrons. The van der Waals surface area contributed by atoms with E-state index in [0.717, 1.165) is 44.6 Å². The van der Waals surface area contributed by atoms with E-state index in [0.29, 0.717) is 18.0 Å². The van der Waals surface area contributed by atoms with E-state index < -0.39 is 11.7 Å². The van der Waals surface area contributed by atoms with Gasteiger partial charge in [-0.15, -0.1) is 0 Å². The van der Waals surface area contributed by atoms with Gasteiger partial charge >= 0.3 is 0 Å². The summed E-state index contributed by atoms with van der Waals surface area (Å²) in [6.07, 6.45) is 8.60. The lowest BCUT2D eigenvalue weighted by Gasteiger charge is -2.37. The molecule has 0 aromatic heterocycles. The van der Waals surface area contributed by atoms with Gasteiger partial charge in [0.15, 0.2) is 5.83 Å². The van der Waals surface area contributed by atoms with Crippen molar-refractivity contribution in [1.29, 1.82) is 0 Å². The second-order valence-electron chi connectivity index (χ2n) is 7.15.